The van der Waals surface area contributed by atoms with Crippen molar-refractivity contribution < 1.29 is 0 Å². The largest absolute Gasteiger partial charge is 0.324 e. The molecule has 1 rings (SSSR count). The number of rotatable bonds is 3. The van der Waals surface area contributed by atoms with Crippen LogP contribution in [0.3, 0.4) is 0 Å². The zero-order valence-corrected chi connectivity index (χ0v) is 7.59. The van der Waals surface area contributed by atoms with Gasteiger partial charge in [0.25, 0.3) is 0 Å². The Morgan fingerprint density at radius 1 is 1.50 bits per heavy atom. The molecule has 12 heavy (non-hydrogen) atoms. The van der Waals surface area contributed by atoms with Gasteiger partial charge in [-0.05, 0) is 18.1 Å². The minimum absolute atomic E-state index is 0.0313. The molecule has 64 valence electrons. The maximum atomic E-state index is 5.94. The molecule has 0 amide bonds. The molecule has 0 aliphatic heterocycles. The summed E-state index contributed by atoms with van der Waals surface area (Å²) in [5, 5.41) is 0.729. The monoisotopic (exact) mass is 181 g/mol. The molecule has 0 spiro atoms. The summed E-state index contributed by atoms with van der Waals surface area (Å²) in [7, 11) is 0. The summed E-state index contributed by atoms with van der Waals surface area (Å²) in [6, 6.07) is 7.59. The first-order valence-electron chi connectivity index (χ1n) is 3.86. The van der Waals surface area contributed by atoms with E-state index in [4.69, 9.17) is 17.3 Å². The van der Waals surface area contributed by atoms with Crippen LogP contribution in [0.2, 0.25) is 5.02 Å². The lowest BCUT2D eigenvalue weighted by atomic mass is 10.1. The molecule has 1 nitrogen and oxygen atoms in total. The van der Waals surface area contributed by atoms with E-state index in [2.05, 4.69) is 6.58 Å². The topological polar surface area (TPSA) is 26.0 Å². The molecule has 0 aromatic heterocycles. The predicted octanol–water partition coefficient (Wildman–Crippen LogP) is 2.92. The van der Waals surface area contributed by atoms with E-state index in [1.165, 1.54) is 0 Å². The summed E-state index contributed by atoms with van der Waals surface area (Å²) in [5.41, 5.74) is 6.84. The molecular weight excluding hydrogens is 170 g/mol. The lowest BCUT2D eigenvalue weighted by Gasteiger charge is -2.10. The average Bonchev–Trinajstić information content (AvgIpc) is 2.05. The molecule has 0 heterocycles. The first-order valence-corrected chi connectivity index (χ1v) is 4.24. The van der Waals surface area contributed by atoms with Gasteiger partial charge in [0.15, 0.2) is 0 Å². The van der Waals surface area contributed by atoms with Crippen LogP contribution in [0.4, 0.5) is 0 Å². The summed E-state index contributed by atoms with van der Waals surface area (Å²) in [5.74, 6) is 0. The molecule has 1 aromatic rings. The Hall–Kier alpha value is -0.790. The molecule has 0 bridgehead atoms. The highest BCUT2D eigenvalue weighted by Crippen LogP contribution is 2.22. The molecule has 1 aromatic carbocycles. The van der Waals surface area contributed by atoms with Gasteiger partial charge in [0.2, 0.25) is 0 Å². The highest BCUT2D eigenvalue weighted by molar-refractivity contribution is 6.31. The zero-order valence-electron chi connectivity index (χ0n) is 6.83. The summed E-state index contributed by atoms with van der Waals surface area (Å²) >= 11 is 5.94. The number of benzene rings is 1. The lowest BCUT2D eigenvalue weighted by Crippen LogP contribution is -2.09. The van der Waals surface area contributed by atoms with Gasteiger partial charge in [-0.3, -0.25) is 0 Å². The molecule has 1 atom stereocenters. The zero-order chi connectivity index (χ0) is 8.97. The first kappa shape index (κ1) is 9.30. The van der Waals surface area contributed by atoms with E-state index in [-0.39, 0.29) is 6.04 Å². The standard InChI is InChI=1S/C10H12ClN/c1-2-5-10(12)8-6-3-4-7-9(8)11/h2-4,6-7,10H,1,5,12H2/t10-/m1/s1. The van der Waals surface area contributed by atoms with Crippen LogP contribution in [0.15, 0.2) is 36.9 Å². The fourth-order valence-corrected chi connectivity index (χ4v) is 1.36. The van der Waals surface area contributed by atoms with E-state index < -0.39 is 0 Å². The predicted molar refractivity (Wildman–Crippen MR) is 53.2 cm³/mol. The van der Waals surface area contributed by atoms with Gasteiger partial charge in [0, 0.05) is 11.1 Å². The molecule has 0 aliphatic rings. The molecule has 0 unspecified atom stereocenters. The molecule has 0 saturated carbocycles. The van der Waals surface area contributed by atoms with Crippen molar-refractivity contribution in [1.82, 2.24) is 0 Å². The molecule has 2 N–H and O–H groups in total. The number of nitrogens with two attached hydrogens (primary N) is 1. The van der Waals surface area contributed by atoms with Gasteiger partial charge in [-0.2, -0.15) is 0 Å². The minimum atomic E-state index is -0.0313. The minimum Gasteiger partial charge on any atom is -0.324 e. The van der Waals surface area contributed by atoms with Crippen LogP contribution in [-0.4, -0.2) is 0 Å². The van der Waals surface area contributed by atoms with E-state index in [0.29, 0.717) is 0 Å². The van der Waals surface area contributed by atoms with Crippen molar-refractivity contribution in [3.05, 3.63) is 47.5 Å². The Morgan fingerprint density at radius 3 is 2.75 bits per heavy atom. The lowest BCUT2D eigenvalue weighted by molar-refractivity contribution is 0.742. The van der Waals surface area contributed by atoms with Crippen LogP contribution in [0.25, 0.3) is 0 Å². The Morgan fingerprint density at radius 2 is 2.17 bits per heavy atom. The van der Waals surface area contributed by atoms with Crippen LogP contribution in [0.1, 0.15) is 18.0 Å². The molecule has 0 saturated heterocycles. The summed E-state index contributed by atoms with van der Waals surface area (Å²) in [4.78, 5) is 0. The van der Waals surface area contributed by atoms with Gasteiger partial charge >= 0.3 is 0 Å². The number of halogens is 1. The molecule has 2 heteroatoms. The molecule has 0 radical (unpaired) electrons. The van der Waals surface area contributed by atoms with Crippen molar-refractivity contribution in [3.63, 3.8) is 0 Å². The highest BCUT2D eigenvalue weighted by Gasteiger charge is 2.06. The smallest absolute Gasteiger partial charge is 0.0453 e. The van der Waals surface area contributed by atoms with E-state index in [1.54, 1.807) is 6.08 Å². The van der Waals surface area contributed by atoms with Crippen LogP contribution < -0.4 is 5.73 Å². The average molecular weight is 182 g/mol. The van der Waals surface area contributed by atoms with Crippen molar-refractivity contribution in [1.29, 1.82) is 0 Å². The van der Waals surface area contributed by atoms with Crippen LogP contribution >= 0.6 is 11.6 Å². The fraction of sp³-hybridized carbons (Fsp3) is 0.200. The molecule has 0 fully saturated rings. The summed E-state index contributed by atoms with van der Waals surface area (Å²) < 4.78 is 0. The Labute approximate surface area is 77.8 Å². The fourth-order valence-electron chi connectivity index (χ4n) is 1.08. The Bertz CT molecular complexity index is 270. The van der Waals surface area contributed by atoms with E-state index in [1.807, 2.05) is 24.3 Å². The van der Waals surface area contributed by atoms with Crippen LogP contribution in [-0.2, 0) is 0 Å². The quantitative estimate of drug-likeness (QED) is 0.713. The Kier molecular flexibility index (Phi) is 3.32. The maximum absolute atomic E-state index is 5.94. The van der Waals surface area contributed by atoms with E-state index >= 15 is 0 Å². The second-order valence-electron chi connectivity index (χ2n) is 2.65. The normalized spacial score (nSPS) is 12.5. The van der Waals surface area contributed by atoms with Gasteiger partial charge in [0.05, 0.1) is 0 Å². The highest BCUT2D eigenvalue weighted by atomic mass is 35.5. The van der Waals surface area contributed by atoms with E-state index in [9.17, 15) is 0 Å². The van der Waals surface area contributed by atoms with E-state index in [0.717, 1.165) is 17.0 Å². The van der Waals surface area contributed by atoms with Crippen molar-refractivity contribution in [3.8, 4) is 0 Å². The first-order chi connectivity index (χ1) is 5.75. The van der Waals surface area contributed by atoms with Gasteiger partial charge in [-0.15, -0.1) is 6.58 Å². The third kappa shape index (κ3) is 2.10. The van der Waals surface area contributed by atoms with Crippen LogP contribution in [0, 0.1) is 0 Å². The summed E-state index contributed by atoms with van der Waals surface area (Å²) in [6.45, 7) is 3.63. The second kappa shape index (κ2) is 4.29. The van der Waals surface area contributed by atoms with Crippen LogP contribution in [0.5, 0.6) is 0 Å². The number of hydrogen-bond acceptors (Lipinski definition) is 1. The summed E-state index contributed by atoms with van der Waals surface area (Å²) in [6.07, 6.45) is 2.55. The van der Waals surface area contributed by atoms with Gasteiger partial charge < -0.3 is 5.73 Å². The van der Waals surface area contributed by atoms with Crippen molar-refractivity contribution >= 4 is 11.6 Å². The SMILES string of the molecule is C=CC[C@@H](N)c1ccccc1Cl. The second-order valence-corrected chi connectivity index (χ2v) is 3.06. The van der Waals surface area contributed by atoms with Gasteiger partial charge in [0.1, 0.15) is 0 Å². The maximum Gasteiger partial charge on any atom is 0.0453 e. The van der Waals surface area contributed by atoms with Gasteiger partial charge in [-0.1, -0.05) is 35.9 Å². The third-order valence-electron chi connectivity index (χ3n) is 1.73. The van der Waals surface area contributed by atoms with Crippen molar-refractivity contribution in [2.45, 2.75) is 12.5 Å². The third-order valence-corrected chi connectivity index (χ3v) is 2.07. The van der Waals surface area contributed by atoms with Crippen molar-refractivity contribution in [2.75, 3.05) is 0 Å². The molecule has 0 aliphatic carbocycles. The van der Waals surface area contributed by atoms with Gasteiger partial charge in [-0.25, -0.2) is 0 Å². The van der Waals surface area contributed by atoms with Crippen molar-refractivity contribution in [2.24, 2.45) is 5.73 Å². The molecular formula is C10H12ClN. The number of hydrogen-bond donors (Lipinski definition) is 1. The Balaban J connectivity index is 2.86.